The van der Waals surface area contributed by atoms with Crippen molar-refractivity contribution < 1.29 is 21.9 Å². The van der Waals surface area contributed by atoms with Crippen LogP contribution in [-0.4, -0.2) is 44.7 Å². The lowest BCUT2D eigenvalue weighted by Crippen LogP contribution is -2.36. The van der Waals surface area contributed by atoms with Crippen LogP contribution in [0.5, 0.6) is 0 Å². The van der Waals surface area contributed by atoms with Crippen molar-refractivity contribution in [2.45, 2.75) is 10.6 Å². The zero-order valence-electron chi connectivity index (χ0n) is 16.5. The zero-order chi connectivity index (χ0) is 22.0. The van der Waals surface area contributed by atoms with Crippen LogP contribution in [0.15, 0.2) is 53.7 Å². The monoisotopic (exact) mass is 446 g/mol. The van der Waals surface area contributed by atoms with Crippen molar-refractivity contribution in [2.75, 3.05) is 36.9 Å². The molecule has 0 amide bonds. The lowest BCUT2D eigenvalue weighted by atomic mass is 10.1. The van der Waals surface area contributed by atoms with Gasteiger partial charge in [0.1, 0.15) is 11.6 Å². The van der Waals surface area contributed by atoms with Gasteiger partial charge >= 0.3 is 0 Å². The molecule has 162 valence electrons. The quantitative estimate of drug-likeness (QED) is 0.644. The molecule has 1 aromatic heterocycles. The number of nitrogen functional groups attached to an aromatic ring is 1. The van der Waals surface area contributed by atoms with E-state index in [1.165, 1.54) is 18.5 Å². The second-order valence-corrected chi connectivity index (χ2v) is 9.13. The van der Waals surface area contributed by atoms with Gasteiger partial charge in [-0.05, 0) is 29.8 Å². The number of hydrogen-bond donors (Lipinski definition) is 1. The van der Waals surface area contributed by atoms with Crippen molar-refractivity contribution in [2.24, 2.45) is 0 Å². The first kappa shape index (κ1) is 21.1. The molecular formula is C21H20F2N4O3S. The Labute approximate surface area is 178 Å². The maximum atomic E-state index is 14.1. The highest BCUT2D eigenvalue weighted by atomic mass is 32.2. The number of anilines is 2. The molecule has 1 aliphatic heterocycles. The SMILES string of the molecule is Nc1ncc(-c2cc(N3CCOCC3)cc(S(=O)(=O)Cc3ccc(F)cc3F)c2)cn1. The molecule has 0 saturated carbocycles. The normalized spacial score (nSPS) is 14.6. The van der Waals surface area contributed by atoms with Gasteiger partial charge in [0.15, 0.2) is 9.84 Å². The summed E-state index contributed by atoms with van der Waals surface area (Å²) in [7, 11) is -3.93. The number of ether oxygens (including phenoxy) is 1. The first-order chi connectivity index (χ1) is 14.8. The van der Waals surface area contributed by atoms with Crippen molar-refractivity contribution in [1.29, 1.82) is 0 Å². The van der Waals surface area contributed by atoms with Crippen molar-refractivity contribution in [3.63, 3.8) is 0 Å². The molecule has 2 heterocycles. The third kappa shape index (κ3) is 4.80. The average Bonchev–Trinajstić information content (AvgIpc) is 2.76. The number of halogens is 2. The van der Waals surface area contributed by atoms with E-state index >= 15 is 0 Å². The van der Waals surface area contributed by atoms with Crippen LogP contribution < -0.4 is 10.6 Å². The fourth-order valence-corrected chi connectivity index (χ4v) is 4.76. The summed E-state index contributed by atoms with van der Waals surface area (Å²) in [5.41, 5.74) is 7.32. The molecule has 0 atom stereocenters. The lowest BCUT2D eigenvalue weighted by molar-refractivity contribution is 0.122. The smallest absolute Gasteiger partial charge is 0.219 e. The summed E-state index contributed by atoms with van der Waals surface area (Å²) in [6.45, 7) is 2.26. The van der Waals surface area contributed by atoms with Crippen LogP contribution in [0.2, 0.25) is 0 Å². The van der Waals surface area contributed by atoms with Crippen LogP contribution in [0, 0.1) is 11.6 Å². The summed E-state index contributed by atoms with van der Waals surface area (Å²) in [6.07, 6.45) is 3.02. The molecule has 2 N–H and O–H groups in total. The molecule has 31 heavy (non-hydrogen) atoms. The summed E-state index contributed by atoms with van der Waals surface area (Å²) < 4.78 is 59.0. The molecule has 2 aromatic carbocycles. The number of morpholine rings is 1. The Hall–Kier alpha value is -3.11. The Morgan fingerprint density at radius 1 is 1.00 bits per heavy atom. The van der Waals surface area contributed by atoms with E-state index in [4.69, 9.17) is 10.5 Å². The van der Waals surface area contributed by atoms with Crippen molar-refractivity contribution in [3.05, 3.63) is 66.0 Å². The van der Waals surface area contributed by atoms with Crippen LogP contribution >= 0.6 is 0 Å². The summed E-state index contributed by atoms with van der Waals surface area (Å²) in [4.78, 5) is 9.99. The van der Waals surface area contributed by atoms with E-state index in [2.05, 4.69) is 9.97 Å². The van der Waals surface area contributed by atoms with Gasteiger partial charge in [0.25, 0.3) is 0 Å². The number of aromatic nitrogens is 2. The van der Waals surface area contributed by atoms with Crippen molar-refractivity contribution in [1.82, 2.24) is 9.97 Å². The van der Waals surface area contributed by atoms with E-state index in [9.17, 15) is 17.2 Å². The molecule has 1 fully saturated rings. The van der Waals surface area contributed by atoms with Crippen LogP contribution in [-0.2, 0) is 20.3 Å². The molecule has 0 radical (unpaired) electrons. The fraction of sp³-hybridized carbons (Fsp3) is 0.238. The molecule has 7 nitrogen and oxygen atoms in total. The van der Waals surface area contributed by atoms with Crippen molar-refractivity contribution >= 4 is 21.5 Å². The van der Waals surface area contributed by atoms with Gasteiger partial charge in [-0.2, -0.15) is 0 Å². The minimum Gasteiger partial charge on any atom is -0.378 e. The van der Waals surface area contributed by atoms with Gasteiger partial charge in [-0.25, -0.2) is 27.2 Å². The van der Waals surface area contributed by atoms with E-state index in [1.807, 2.05) is 11.0 Å². The van der Waals surface area contributed by atoms with Crippen LogP contribution in [0.3, 0.4) is 0 Å². The second kappa shape index (κ2) is 8.56. The van der Waals surface area contributed by atoms with E-state index in [0.29, 0.717) is 49.2 Å². The van der Waals surface area contributed by atoms with Gasteiger partial charge in [-0.15, -0.1) is 0 Å². The first-order valence-electron chi connectivity index (χ1n) is 9.54. The molecule has 1 saturated heterocycles. The Balaban J connectivity index is 1.77. The number of rotatable bonds is 5. The number of nitrogens with two attached hydrogens (primary N) is 1. The van der Waals surface area contributed by atoms with E-state index in [-0.39, 0.29) is 16.4 Å². The Kier molecular flexibility index (Phi) is 5.84. The molecule has 0 unspecified atom stereocenters. The standard InChI is InChI=1S/C21H20F2N4O3S/c22-17-2-1-14(20(23)9-17)13-31(28,29)19-8-15(16-11-25-21(24)26-12-16)7-18(10-19)27-3-5-30-6-4-27/h1-2,7-12H,3-6,13H2,(H2,24,25,26). The zero-order valence-corrected chi connectivity index (χ0v) is 17.3. The summed E-state index contributed by atoms with van der Waals surface area (Å²) >= 11 is 0. The Bertz CT molecular complexity index is 1200. The van der Waals surface area contributed by atoms with Gasteiger partial charge in [-0.1, -0.05) is 6.07 Å². The molecule has 3 aromatic rings. The minimum atomic E-state index is -3.93. The van der Waals surface area contributed by atoms with E-state index in [0.717, 1.165) is 12.1 Å². The predicted octanol–water partition coefficient (Wildman–Crippen LogP) is 2.81. The highest BCUT2D eigenvalue weighted by Gasteiger charge is 2.22. The third-order valence-electron chi connectivity index (χ3n) is 4.99. The van der Waals surface area contributed by atoms with Gasteiger partial charge in [0, 0.05) is 48.4 Å². The molecule has 1 aliphatic rings. The van der Waals surface area contributed by atoms with E-state index in [1.54, 1.807) is 6.07 Å². The first-order valence-corrected chi connectivity index (χ1v) is 11.2. The van der Waals surface area contributed by atoms with E-state index < -0.39 is 27.2 Å². The van der Waals surface area contributed by atoms with Crippen LogP contribution in [0.1, 0.15) is 5.56 Å². The van der Waals surface area contributed by atoms with Gasteiger partial charge in [-0.3, -0.25) is 0 Å². The van der Waals surface area contributed by atoms with Gasteiger partial charge in [0.2, 0.25) is 5.95 Å². The Morgan fingerprint density at radius 3 is 2.39 bits per heavy atom. The highest BCUT2D eigenvalue weighted by Crippen LogP contribution is 2.31. The summed E-state index contributed by atoms with van der Waals surface area (Å²) in [5.74, 6) is -2.16. The summed E-state index contributed by atoms with van der Waals surface area (Å²) in [5, 5.41) is 0. The van der Waals surface area contributed by atoms with Crippen molar-refractivity contribution in [3.8, 4) is 11.1 Å². The number of nitrogens with zero attached hydrogens (tertiary/aromatic N) is 3. The van der Waals surface area contributed by atoms with Crippen LogP contribution in [0.25, 0.3) is 11.1 Å². The number of sulfone groups is 1. The highest BCUT2D eigenvalue weighted by molar-refractivity contribution is 7.90. The number of hydrogen-bond acceptors (Lipinski definition) is 7. The fourth-order valence-electron chi connectivity index (χ4n) is 3.35. The molecule has 0 bridgehead atoms. The topological polar surface area (TPSA) is 98.4 Å². The van der Waals surface area contributed by atoms with Crippen LogP contribution in [0.4, 0.5) is 20.4 Å². The largest absolute Gasteiger partial charge is 0.378 e. The van der Waals surface area contributed by atoms with Gasteiger partial charge < -0.3 is 15.4 Å². The third-order valence-corrected chi connectivity index (χ3v) is 6.64. The maximum Gasteiger partial charge on any atom is 0.219 e. The predicted molar refractivity (Wildman–Crippen MR) is 112 cm³/mol. The second-order valence-electron chi connectivity index (χ2n) is 7.14. The summed E-state index contributed by atoms with van der Waals surface area (Å²) in [6, 6.07) is 7.75. The molecule has 0 aliphatic carbocycles. The van der Waals surface area contributed by atoms with Gasteiger partial charge in [0.05, 0.1) is 23.9 Å². The number of benzene rings is 2. The molecule has 0 spiro atoms. The molecular weight excluding hydrogens is 426 g/mol. The molecule has 4 rings (SSSR count). The Morgan fingerprint density at radius 2 is 1.71 bits per heavy atom. The maximum absolute atomic E-state index is 14.1. The molecule has 10 heteroatoms. The average molecular weight is 446 g/mol. The minimum absolute atomic E-state index is 0.0204. The lowest BCUT2D eigenvalue weighted by Gasteiger charge is -2.29.